The van der Waals surface area contributed by atoms with Crippen LogP contribution in [-0.2, 0) is 19.0 Å². The van der Waals surface area contributed by atoms with Crippen LogP contribution in [0.2, 0.25) is 0 Å². The third-order valence-corrected chi connectivity index (χ3v) is 4.44. The lowest BCUT2D eigenvalue weighted by Crippen LogP contribution is -2.28. The Morgan fingerprint density at radius 2 is 1.88 bits per heavy atom. The molecule has 138 valence electrons. The van der Waals surface area contributed by atoms with E-state index in [2.05, 4.69) is 26.8 Å². The van der Waals surface area contributed by atoms with Gasteiger partial charge in [0.05, 0.1) is 18.8 Å². The van der Waals surface area contributed by atoms with E-state index in [4.69, 9.17) is 14.2 Å². The van der Waals surface area contributed by atoms with E-state index in [0.29, 0.717) is 25.2 Å². The molecule has 0 fully saturated rings. The van der Waals surface area contributed by atoms with E-state index in [1.54, 1.807) is 7.11 Å². The van der Waals surface area contributed by atoms with Crippen molar-refractivity contribution in [2.75, 3.05) is 20.3 Å². The van der Waals surface area contributed by atoms with Crippen molar-refractivity contribution in [2.24, 2.45) is 5.41 Å². The lowest BCUT2D eigenvalue weighted by molar-refractivity contribution is -0.124. The van der Waals surface area contributed by atoms with Crippen LogP contribution in [0.1, 0.15) is 50.3 Å². The Balaban J connectivity index is 2.36. The van der Waals surface area contributed by atoms with E-state index in [-0.39, 0.29) is 11.2 Å². The molecule has 0 amide bonds. The van der Waals surface area contributed by atoms with E-state index in [1.165, 1.54) is 5.56 Å². The second kappa shape index (κ2) is 8.15. The Morgan fingerprint density at radius 1 is 1.16 bits per heavy atom. The average molecular weight is 346 g/mol. The van der Waals surface area contributed by atoms with Crippen LogP contribution in [0.4, 0.5) is 0 Å². The molecular weight excluding hydrogens is 316 g/mol. The van der Waals surface area contributed by atoms with E-state index in [9.17, 15) is 4.79 Å². The maximum absolute atomic E-state index is 12.9. The van der Waals surface area contributed by atoms with Crippen LogP contribution >= 0.6 is 0 Å². The van der Waals surface area contributed by atoms with E-state index >= 15 is 0 Å². The topological polar surface area (TPSA) is 44.8 Å². The number of hydrogen-bond acceptors (Lipinski definition) is 4. The number of carbonyl (C=O) groups is 1. The number of hydrogen-bond donors (Lipinski definition) is 0. The first-order valence-electron chi connectivity index (χ1n) is 8.84. The average Bonchev–Trinajstić information content (AvgIpc) is 2.48. The van der Waals surface area contributed by atoms with Gasteiger partial charge in [-0.3, -0.25) is 4.79 Å². The van der Waals surface area contributed by atoms with Crippen molar-refractivity contribution in [2.45, 2.75) is 53.8 Å². The SMILES string of the molecule is COCCOC(C)OC1=C(c2ccc(C)cc2C)C(=O)CC(C)(C)C1. The van der Waals surface area contributed by atoms with Crippen molar-refractivity contribution in [1.29, 1.82) is 0 Å². The molecular formula is C21H30O4. The number of ether oxygens (including phenoxy) is 3. The van der Waals surface area contributed by atoms with Gasteiger partial charge in [0.2, 0.25) is 0 Å². The minimum Gasteiger partial charge on any atom is -0.469 e. The van der Waals surface area contributed by atoms with Crippen LogP contribution in [0, 0.1) is 19.3 Å². The molecule has 0 bridgehead atoms. The van der Waals surface area contributed by atoms with Crippen molar-refractivity contribution in [3.05, 3.63) is 40.6 Å². The van der Waals surface area contributed by atoms with Crippen LogP contribution < -0.4 is 0 Å². The molecule has 1 atom stereocenters. The fourth-order valence-electron chi connectivity index (χ4n) is 3.29. The molecule has 2 rings (SSSR count). The maximum Gasteiger partial charge on any atom is 0.196 e. The molecule has 1 aliphatic rings. The molecule has 0 saturated carbocycles. The Bertz CT molecular complexity index is 658. The Labute approximate surface area is 151 Å². The molecule has 0 aliphatic heterocycles. The Kier molecular flexibility index (Phi) is 6.42. The van der Waals surface area contributed by atoms with Crippen molar-refractivity contribution >= 4 is 11.4 Å². The number of benzene rings is 1. The first kappa shape index (κ1) is 19.7. The van der Waals surface area contributed by atoms with Crippen LogP contribution in [0.3, 0.4) is 0 Å². The molecule has 1 aliphatic carbocycles. The minimum atomic E-state index is -0.424. The van der Waals surface area contributed by atoms with Gasteiger partial charge in [-0.15, -0.1) is 0 Å². The highest BCUT2D eigenvalue weighted by Gasteiger charge is 2.35. The van der Waals surface area contributed by atoms with Crippen LogP contribution in [-0.4, -0.2) is 32.4 Å². The number of carbonyl (C=O) groups excluding carboxylic acids is 1. The van der Waals surface area contributed by atoms with Crippen molar-refractivity contribution in [3.63, 3.8) is 0 Å². The summed E-state index contributed by atoms with van der Waals surface area (Å²) in [6.45, 7) is 11.1. The maximum atomic E-state index is 12.9. The van der Waals surface area contributed by atoms with E-state index in [1.807, 2.05) is 26.0 Å². The number of allylic oxidation sites excluding steroid dienone is 2. The van der Waals surface area contributed by atoms with Crippen molar-refractivity contribution in [1.82, 2.24) is 0 Å². The summed E-state index contributed by atoms with van der Waals surface area (Å²) in [4.78, 5) is 12.9. The van der Waals surface area contributed by atoms with Gasteiger partial charge < -0.3 is 14.2 Å². The van der Waals surface area contributed by atoms with Gasteiger partial charge in [0.15, 0.2) is 12.1 Å². The fraction of sp³-hybridized carbons (Fsp3) is 0.571. The molecule has 25 heavy (non-hydrogen) atoms. The summed E-state index contributed by atoms with van der Waals surface area (Å²) in [6.07, 6.45) is 0.827. The third-order valence-electron chi connectivity index (χ3n) is 4.44. The summed E-state index contributed by atoms with van der Waals surface area (Å²) in [5, 5.41) is 0. The zero-order valence-corrected chi connectivity index (χ0v) is 16.3. The highest BCUT2D eigenvalue weighted by Crippen LogP contribution is 2.42. The molecule has 1 unspecified atom stereocenters. The summed E-state index contributed by atoms with van der Waals surface area (Å²) in [6, 6.07) is 6.17. The predicted octanol–water partition coefficient (Wildman–Crippen LogP) is 4.43. The number of ketones is 1. The summed E-state index contributed by atoms with van der Waals surface area (Å²) >= 11 is 0. The first-order valence-corrected chi connectivity index (χ1v) is 8.84. The van der Waals surface area contributed by atoms with Crippen molar-refractivity contribution < 1.29 is 19.0 Å². The smallest absolute Gasteiger partial charge is 0.196 e. The molecule has 0 heterocycles. The summed E-state index contributed by atoms with van der Waals surface area (Å²) < 4.78 is 16.7. The second-order valence-electron chi connectivity index (χ2n) is 7.61. The lowest BCUT2D eigenvalue weighted by atomic mass is 9.74. The second-order valence-corrected chi connectivity index (χ2v) is 7.61. The van der Waals surface area contributed by atoms with Crippen molar-refractivity contribution in [3.8, 4) is 0 Å². The van der Waals surface area contributed by atoms with Gasteiger partial charge >= 0.3 is 0 Å². The molecule has 0 radical (unpaired) electrons. The van der Waals surface area contributed by atoms with Crippen LogP contribution in [0.5, 0.6) is 0 Å². The molecule has 0 N–H and O–H groups in total. The molecule has 1 aromatic carbocycles. The molecule has 4 nitrogen and oxygen atoms in total. The van der Waals surface area contributed by atoms with Crippen LogP contribution in [0.15, 0.2) is 24.0 Å². The Morgan fingerprint density at radius 3 is 2.52 bits per heavy atom. The number of rotatable bonds is 7. The highest BCUT2D eigenvalue weighted by molar-refractivity contribution is 6.22. The molecule has 1 aromatic rings. The quantitative estimate of drug-likeness (QED) is 0.541. The number of methoxy groups -OCH3 is 1. The summed E-state index contributed by atoms with van der Waals surface area (Å²) in [5.74, 6) is 0.875. The van der Waals surface area contributed by atoms with E-state index in [0.717, 1.165) is 23.3 Å². The van der Waals surface area contributed by atoms with E-state index < -0.39 is 6.29 Å². The Hall–Kier alpha value is -1.65. The third kappa shape index (κ3) is 5.16. The largest absolute Gasteiger partial charge is 0.469 e. The minimum absolute atomic E-state index is 0.110. The zero-order chi connectivity index (χ0) is 18.6. The van der Waals surface area contributed by atoms with Gasteiger partial charge in [-0.2, -0.15) is 0 Å². The fourth-order valence-corrected chi connectivity index (χ4v) is 3.29. The molecule has 4 heteroatoms. The van der Waals surface area contributed by atoms with Gasteiger partial charge in [-0.05, 0) is 37.3 Å². The van der Waals surface area contributed by atoms with Crippen LogP contribution in [0.25, 0.3) is 5.57 Å². The van der Waals surface area contributed by atoms with Gasteiger partial charge in [0.1, 0.15) is 5.76 Å². The predicted molar refractivity (Wildman–Crippen MR) is 99.2 cm³/mol. The number of Topliss-reactive ketones (excluding diaryl/α,β-unsaturated/α-hetero) is 1. The van der Waals surface area contributed by atoms with Gasteiger partial charge in [-0.1, -0.05) is 37.6 Å². The molecule has 0 aromatic heterocycles. The zero-order valence-electron chi connectivity index (χ0n) is 16.3. The number of aryl methyl sites for hydroxylation is 2. The highest BCUT2D eigenvalue weighted by atomic mass is 16.7. The first-order chi connectivity index (χ1) is 11.7. The summed E-state index contributed by atoms with van der Waals surface area (Å²) in [5.41, 5.74) is 3.84. The molecule has 0 spiro atoms. The van der Waals surface area contributed by atoms with Gasteiger partial charge in [-0.25, -0.2) is 0 Å². The lowest BCUT2D eigenvalue weighted by Gasteiger charge is -2.33. The monoisotopic (exact) mass is 346 g/mol. The summed E-state index contributed by atoms with van der Waals surface area (Å²) in [7, 11) is 1.64. The van der Waals surface area contributed by atoms with Gasteiger partial charge in [0, 0.05) is 20.0 Å². The standard InChI is InChI=1S/C21H30O4/c1-14-7-8-17(15(2)11-14)20-18(22)12-21(4,5)13-19(20)25-16(3)24-10-9-23-6/h7-8,11,16H,9-10,12-13H2,1-6H3. The van der Waals surface area contributed by atoms with Gasteiger partial charge in [0.25, 0.3) is 0 Å². The normalized spacial score (nSPS) is 18.4. The molecule has 0 saturated heterocycles.